The third kappa shape index (κ3) is 4.21. The molecule has 0 aliphatic carbocycles. The number of para-hydroxylation sites is 1. The summed E-state index contributed by atoms with van der Waals surface area (Å²) in [6, 6.07) is 7.43. The first-order valence-corrected chi connectivity index (χ1v) is 9.60. The molecule has 136 valence electrons. The molecule has 5 nitrogen and oxygen atoms in total. The molecule has 25 heavy (non-hydrogen) atoms. The first-order chi connectivity index (χ1) is 12.2. The quantitative estimate of drug-likeness (QED) is 0.807. The van der Waals surface area contributed by atoms with Crippen molar-refractivity contribution in [3.05, 3.63) is 29.8 Å². The zero-order valence-corrected chi connectivity index (χ0v) is 15.2. The number of anilines is 1. The van der Waals surface area contributed by atoms with Gasteiger partial charge in [0.25, 0.3) is 0 Å². The van der Waals surface area contributed by atoms with Gasteiger partial charge in [-0.05, 0) is 50.5 Å². The van der Waals surface area contributed by atoms with E-state index in [9.17, 15) is 9.59 Å². The summed E-state index contributed by atoms with van der Waals surface area (Å²) < 4.78 is 0. The minimum Gasteiger partial charge on any atom is -0.354 e. The van der Waals surface area contributed by atoms with E-state index >= 15 is 0 Å². The van der Waals surface area contributed by atoms with Gasteiger partial charge >= 0.3 is 0 Å². The zero-order valence-electron chi connectivity index (χ0n) is 15.2. The average molecular weight is 343 g/mol. The van der Waals surface area contributed by atoms with Gasteiger partial charge in [-0.25, -0.2) is 0 Å². The second-order valence-electron chi connectivity index (χ2n) is 7.01. The lowest BCUT2D eigenvalue weighted by Crippen LogP contribution is -2.48. The zero-order chi connectivity index (χ0) is 17.6. The largest absolute Gasteiger partial charge is 0.354 e. The van der Waals surface area contributed by atoms with Crippen LogP contribution in [0.15, 0.2) is 24.3 Å². The Morgan fingerprint density at radius 1 is 1.16 bits per heavy atom. The lowest BCUT2D eigenvalue weighted by Gasteiger charge is -2.27. The van der Waals surface area contributed by atoms with Crippen molar-refractivity contribution in [1.29, 1.82) is 0 Å². The van der Waals surface area contributed by atoms with Gasteiger partial charge in [-0.1, -0.05) is 31.5 Å². The lowest BCUT2D eigenvalue weighted by molar-refractivity contribution is -0.126. The van der Waals surface area contributed by atoms with Crippen LogP contribution < -0.4 is 10.2 Å². The van der Waals surface area contributed by atoms with Gasteiger partial charge in [0.05, 0.1) is 0 Å². The van der Waals surface area contributed by atoms with Crippen LogP contribution in [0.3, 0.4) is 0 Å². The normalized spacial score (nSPS) is 20.4. The lowest BCUT2D eigenvalue weighted by atomic mass is 10.1. The number of hydrogen-bond donors (Lipinski definition) is 1. The second-order valence-corrected chi connectivity index (χ2v) is 7.01. The number of hydrogen-bond acceptors (Lipinski definition) is 3. The van der Waals surface area contributed by atoms with Crippen LogP contribution in [-0.4, -0.2) is 48.9 Å². The summed E-state index contributed by atoms with van der Waals surface area (Å²) in [5, 5.41) is 3.05. The highest BCUT2D eigenvalue weighted by Crippen LogP contribution is 2.32. The topological polar surface area (TPSA) is 52.7 Å². The summed E-state index contributed by atoms with van der Waals surface area (Å²) in [4.78, 5) is 29.2. The SMILES string of the molecule is CCC(=O)N1c2ccccc2CC1C(=O)NCCCN1CCCCC1. The van der Waals surface area contributed by atoms with Crippen LogP contribution in [0.5, 0.6) is 0 Å². The van der Waals surface area contributed by atoms with Crippen molar-refractivity contribution >= 4 is 17.5 Å². The van der Waals surface area contributed by atoms with Crippen molar-refractivity contribution in [2.75, 3.05) is 31.1 Å². The molecule has 5 heteroatoms. The predicted octanol–water partition coefficient (Wildman–Crippen LogP) is 2.35. The molecule has 2 aliphatic heterocycles. The number of piperidine rings is 1. The summed E-state index contributed by atoms with van der Waals surface area (Å²) in [5.74, 6) is -0.0185. The van der Waals surface area contributed by atoms with Gasteiger partial charge < -0.3 is 10.2 Å². The minimum absolute atomic E-state index is 0.0124. The maximum Gasteiger partial charge on any atom is 0.243 e. The molecule has 1 fully saturated rings. The molecule has 3 rings (SSSR count). The first-order valence-electron chi connectivity index (χ1n) is 9.60. The highest BCUT2D eigenvalue weighted by Gasteiger charge is 2.37. The smallest absolute Gasteiger partial charge is 0.243 e. The van der Waals surface area contributed by atoms with Crippen LogP contribution in [0.25, 0.3) is 0 Å². The maximum absolute atomic E-state index is 12.7. The molecule has 0 bridgehead atoms. The molecule has 0 radical (unpaired) electrons. The molecule has 1 atom stereocenters. The van der Waals surface area contributed by atoms with Gasteiger partial charge in [0.2, 0.25) is 11.8 Å². The molecule has 1 N–H and O–H groups in total. The van der Waals surface area contributed by atoms with Crippen molar-refractivity contribution in [3.63, 3.8) is 0 Å². The summed E-state index contributed by atoms with van der Waals surface area (Å²) in [6.45, 7) is 5.94. The third-order valence-electron chi connectivity index (χ3n) is 5.25. The number of carbonyl (C=O) groups is 2. The minimum atomic E-state index is -0.403. The second kappa shape index (κ2) is 8.48. The van der Waals surface area contributed by atoms with Crippen LogP contribution >= 0.6 is 0 Å². The Hall–Kier alpha value is -1.88. The van der Waals surface area contributed by atoms with Crippen molar-refractivity contribution in [2.45, 2.75) is 51.5 Å². The van der Waals surface area contributed by atoms with Crippen LogP contribution in [0, 0.1) is 0 Å². The molecule has 1 saturated heterocycles. The van der Waals surface area contributed by atoms with E-state index in [2.05, 4.69) is 10.2 Å². The highest BCUT2D eigenvalue weighted by molar-refractivity contribution is 6.03. The number of nitrogens with one attached hydrogen (secondary N) is 1. The van der Waals surface area contributed by atoms with Gasteiger partial charge in [-0.15, -0.1) is 0 Å². The molecule has 1 aromatic rings. The first kappa shape index (κ1) is 17.9. The third-order valence-corrected chi connectivity index (χ3v) is 5.25. The van der Waals surface area contributed by atoms with E-state index in [0.717, 1.165) is 24.2 Å². The molecule has 2 amide bonds. The van der Waals surface area contributed by atoms with E-state index in [0.29, 0.717) is 19.4 Å². The van der Waals surface area contributed by atoms with E-state index in [-0.39, 0.29) is 11.8 Å². The Bertz CT molecular complexity index is 611. The number of likely N-dealkylation sites (tertiary alicyclic amines) is 1. The van der Waals surface area contributed by atoms with Crippen molar-refractivity contribution < 1.29 is 9.59 Å². The van der Waals surface area contributed by atoms with E-state index in [1.165, 1.54) is 32.4 Å². The fraction of sp³-hybridized carbons (Fsp3) is 0.600. The van der Waals surface area contributed by atoms with Crippen molar-refractivity contribution in [3.8, 4) is 0 Å². The predicted molar refractivity (Wildman–Crippen MR) is 99.6 cm³/mol. The van der Waals surface area contributed by atoms with Gasteiger partial charge in [0.15, 0.2) is 0 Å². The molecular formula is C20H29N3O2. The van der Waals surface area contributed by atoms with E-state index in [4.69, 9.17) is 0 Å². The number of fused-ring (bicyclic) bond motifs is 1. The van der Waals surface area contributed by atoms with Gasteiger partial charge in [0.1, 0.15) is 6.04 Å². The van der Waals surface area contributed by atoms with Crippen LogP contribution in [0.1, 0.15) is 44.6 Å². The molecule has 2 aliphatic rings. The summed E-state index contributed by atoms with van der Waals surface area (Å²) in [5.41, 5.74) is 1.97. The maximum atomic E-state index is 12.7. The Kier molecular flexibility index (Phi) is 6.08. The fourth-order valence-corrected chi connectivity index (χ4v) is 3.89. The summed E-state index contributed by atoms with van der Waals surface area (Å²) >= 11 is 0. The summed E-state index contributed by atoms with van der Waals surface area (Å²) in [6.07, 6.45) is 5.92. The highest BCUT2D eigenvalue weighted by atomic mass is 16.2. The molecule has 1 unspecified atom stereocenters. The Morgan fingerprint density at radius 3 is 2.68 bits per heavy atom. The Labute approximate surface area is 150 Å². The Balaban J connectivity index is 1.53. The molecule has 0 spiro atoms. The number of carbonyl (C=O) groups excluding carboxylic acids is 2. The molecule has 0 saturated carbocycles. The van der Waals surface area contributed by atoms with Crippen molar-refractivity contribution in [1.82, 2.24) is 10.2 Å². The van der Waals surface area contributed by atoms with E-state index in [1.807, 2.05) is 31.2 Å². The van der Waals surface area contributed by atoms with Crippen LogP contribution in [0.2, 0.25) is 0 Å². The van der Waals surface area contributed by atoms with Gasteiger partial charge in [-0.3, -0.25) is 14.5 Å². The van der Waals surface area contributed by atoms with Gasteiger partial charge in [-0.2, -0.15) is 0 Å². The van der Waals surface area contributed by atoms with Crippen molar-refractivity contribution in [2.24, 2.45) is 0 Å². The number of amides is 2. The Morgan fingerprint density at radius 2 is 1.92 bits per heavy atom. The standard InChI is InChI=1S/C20H29N3O2/c1-2-19(24)23-17-10-5-4-9-16(17)15-18(23)20(25)21-11-8-14-22-12-6-3-7-13-22/h4-5,9-10,18H,2-3,6-8,11-15H2,1H3,(H,21,25). The van der Waals surface area contributed by atoms with E-state index in [1.54, 1.807) is 4.90 Å². The summed E-state index contributed by atoms with van der Waals surface area (Å²) in [7, 11) is 0. The molecule has 1 aromatic carbocycles. The number of benzene rings is 1. The van der Waals surface area contributed by atoms with E-state index < -0.39 is 6.04 Å². The average Bonchev–Trinajstić information content (AvgIpc) is 3.05. The monoisotopic (exact) mass is 343 g/mol. The number of nitrogens with zero attached hydrogens (tertiary/aromatic N) is 2. The number of rotatable bonds is 6. The molecular weight excluding hydrogens is 314 g/mol. The van der Waals surface area contributed by atoms with Crippen LogP contribution in [0.4, 0.5) is 5.69 Å². The molecule has 2 heterocycles. The fourth-order valence-electron chi connectivity index (χ4n) is 3.89. The molecule has 0 aromatic heterocycles. The van der Waals surface area contributed by atoms with Gasteiger partial charge in [0, 0.05) is 25.1 Å². The van der Waals surface area contributed by atoms with Crippen LogP contribution in [-0.2, 0) is 16.0 Å².